The van der Waals surface area contributed by atoms with Crippen LogP contribution in [0.4, 0.5) is 4.39 Å². The molecule has 4 nitrogen and oxygen atoms in total. The molecular weight excluding hydrogens is 383 g/mol. The Labute approximate surface area is 177 Å². The Kier molecular flexibility index (Phi) is 4.93. The second kappa shape index (κ2) is 7.09. The summed E-state index contributed by atoms with van der Waals surface area (Å²) < 4.78 is 26.7. The zero-order valence-electron chi connectivity index (χ0n) is 17.9. The van der Waals surface area contributed by atoms with Gasteiger partial charge in [0, 0.05) is 5.56 Å². The van der Waals surface area contributed by atoms with Gasteiger partial charge >= 0.3 is 5.97 Å². The molecule has 5 atom stereocenters. The van der Waals surface area contributed by atoms with Crippen LogP contribution in [-0.4, -0.2) is 22.8 Å². The molecule has 0 spiro atoms. The molecule has 2 aromatic rings. The average Bonchev–Trinajstić information content (AvgIpc) is 3.21. The first-order chi connectivity index (χ1) is 14.0. The van der Waals surface area contributed by atoms with E-state index in [1.165, 1.54) is 19.1 Å². The average molecular weight is 413 g/mol. The molecule has 0 heterocycles. The Morgan fingerprint density at radius 2 is 1.63 bits per heavy atom. The van der Waals surface area contributed by atoms with Crippen molar-refractivity contribution in [2.45, 2.75) is 57.9 Å². The van der Waals surface area contributed by atoms with E-state index in [9.17, 15) is 9.90 Å². The number of carbonyl (C=O) groups excluding carboxylic acids is 1. The quantitative estimate of drug-likeness (QED) is 0.669. The van der Waals surface area contributed by atoms with E-state index in [4.69, 9.17) is 9.47 Å². The Bertz CT molecular complexity index is 918. The van der Waals surface area contributed by atoms with Crippen molar-refractivity contribution in [3.63, 3.8) is 0 Å². The van der Waals surface area contributed by atoms with Crippen LogP contribution in [0.3, 0.4) is 0 Å². The van der Waals surface area contributed by atoms with Crippen LogP contribution in [0.5, 0.6) is 11.5 Å². The number of hydrogen-bond donors (Lipinski definition) is 1. The number of esters is 1. The minimum atomic E-state index is -2.32. The standard InChI is InChI=1S/C25H29FO4/c1-23(2)19-14-21(24(3,28)15-20(19)23)30-22(27)25(4,26)16-10-12-18(13-11-16)29-17-8-6-5-7-9-17/h5-13,19-21,28H,14-15H2,1-4H3/t19-,20+,21-,24-,25+/m1/s1. The van der Waals surface area contributed by atoms with Gasteiger partial charge < -0.3 is 14.6 Å². The smallest absolute Gasteiger partial charge is 0.348 e. The summed E-state index contributed by atoms with van der Waals surface area (Å²) in [7, 11) is 0. The van der Waals surface area contributed by atoms with Crippen LogP contribution in [0, 0.1) is 17.3 Å². The lowest BCUT2D eigenvalue weighted by Crippen LogP contribution is -2.47. The zero-order chi connectivity index (χ0) is 21.7. The molecule has 5 heteroatoms. The van der Waals surface area contributed by atoms with E-state index in [-0.39, 0.29) is 11.0 Å². The van der Waals surface area contributed by atoms with Crippen molar-refractivity contribution in [3.05, 3.63) is 60.2 Å². The molecule has 0 unspecified atom stereocenters. The van der Waals surface area contributed by atoms with Crippen LogP contribution >= 0.6 is 0 Å². The van der Waals surface area contributed by atoms with E-state index in [1.807, 2.05) is 30.3 Å². The fourth-order valence-corrected chi connectivity index (χ4v) is 4.79. The van der Waals surface area contributed by atoms with Gasteiger partial charge in [-0.3, -0.25) is 0 Å². The van der Waals surface area contributed by atoms with Crippen molar-refractivity contribution in [3.8, 4) is 11.5 Å². The van der Waals surface area contributed by atoms with E-state index in [1.54, 1.807) is 19.1 Å². The van der Waals surface area contributed by atoms with Gasteiger partial charge in [0.2, 0.25) is 5.67 Å². The number of benzene rings is 2. The van der Waals surface area contributed by atoms with Crippen molar-refractivity contribution in [2.24, 2.45) is 17.3 Å². The van der Waals surface area contributed by atoms with E-state index >= 15 is 4.39 Å². The van der Waals surface area contributed by atoms with Gasteiger partial charge in [-0.2, -0.15) is 0 Å². The van der Waals surface area contributed by atoms with Gasteiger partial charge in [0.1, 0.15) is 17.6 Å². The third kappa shape index (κ3) is 3.71. The maximum atomic E-state index is 15.4. The number of para-hydroxylation sites is 1. The topological polar surface area (TPSA) is 55.8 Å². The number of ether oxygens (including phenoxy) is 2. The highest BCUT2D eigenvalue weighted by Gasteiger charge is 2.65. The van der Waals surface area contributed by atoms with Crippen LogP contribution in [-0.2, 0) is 15.2 Å². The van der Waals surface area contributed by atoms with Crippen molar-refractivity contribution >= 4 is 5.97 Å². The Balaban J connectivity index is 1.44. The summed E-state index contributed by atoms with van der Waals surface area (Å²) in [6.45, 7) is 7.21. The van der Waals surface area contributed by atoms with E-state index in [2.05, 4.69) is 13.8 Å². The number of aliphatic hydroxyl groups is 1. The molecule has 1 N–H and O–H groups in total. The zero-order valence-corrected chi connectivity index (χ0v) is 17.9. The lowest BCUT2D eigenvalue weighted by molar-refractivity contribution is -0.182. The Morgan fingerprint density at radius 1 is 1.03 bits per heavy atom. The van der Waals surface area contributed by atoms with Gasteiger partial charge in [0.25, 0.3) is 0 Å². The summed E-state index contributed by atoms with van der Waals surface area (Å²) in [6.07, 6.45) is 0.428. The highest BCUT2D eigenvalue weighted by atomic mass is 19.1. The molecule has 160 valence electrons. The predicted molar refractivity (Wildman–Crippen MR) is 112 cm³/mol. The number of rotatable bonds is 5. The summed E-state index contributed by atoms with van der Waals surface area (Å²) in [5.41, 5.74) is -3.14. The highest BCUT2D eigenvalue weighted by Crippen LogP contribution is 2.66. The first-order valence-corrected chi connectivity index (χ1v) is 10.5. The first-order valence-electron chi connectivity index (χ1n) is 10.5. The van der Waals surface area contributed by atoms with Gasteiger partial charge in [-0.15, -0.1) is 0 Å². The van der Waals surface area contributed by atoms with Gasteiger partial charge in [0.05, 0.1) is 5.60 Å². The molecule has 4 rings (SSSR count). The number of halogens is 1. The molecular formula is C25H29FO4. The molecule has 0 amide bonds. The first kappa shape index (κ1) is 20.9. The molecule has 2 saturated carbocycles. The second-order valence-electron chi connectivity index (χ2n) is 9.67. The van der Waals surface area contributed by atoms with E-state index in [0.717, 1.165) is 0 Å². The van der Waals surface area contributed by atoms with Gasteiger partial charge in [-0.1, -0.05) is 44.2 Å². The summed E-state index contributed by atoms with van der Waals surface area (Å²) >= 11 is 0. The molecule has 0 radical (unpaired) electrons. The van der Waals surface area contributed by atoms with Gasteiger partial charge in [-0.05, 0) is 68.2 Å². The molecule has 30 heavy (non-hydrogen) atoms. The lowest BCUT2D eigenvalue weighted by Gasteiger charge is -2.37. The number of hydrogen-bond acceptors (Lipinski definition) is 4. The monoisotopic (exact) mass is 412 g/mol. The molecule has 2 aliphatic carbocycles. The third-order valence-electron chi connectivity index (χ3n) is 7.09. The normalized spacial score (nSPS) is 31.2. The molecule has 0 saturated heterocycles. The summed E-state index contributed by atoms with van der Waals surface area (Å²) in [5.74, 6) is 1.08. The number of carbonyl (C=O) groups is 1. The van der Waals surface area contributed by atoms with Crippen LogP contribution < -0.4 is 4.74 Å². The predicted octanol–water partition coefficient (Wildman–Crippen LogP) is 5.39. The summed E-state index contributed by atoms with van der Waals surface area (Å²) in [6, 6.07) is 15.6. The van der Waals surface area contributed by atoms with E-state index in [0.29, 0.717) is 36.2 Å². The summed E-state index contributed by atoms with van der Waals surface area (Å²) in [5, 5.41) is 10.8. The maximum absolute atomic E-state index is 15.4. The summed E-state index contributed by atoms with van der Waals surface area (Å²) in [4.78, 5) is 12.7. The SMILES string of the molecule is CC1(C)[C@@H]2C[C@@H](OC(=O)[C@@](C)(F)c3ccc(Oc4ccccc4)cc3)[C@](C)(O)C[C@@H]21. The maximum Gasteiger partial charge on any atom is 0.348 e. The van der Waals surface area contributed by atoms with Crippen LogP contribution in [0.25, 0.3) is 0 Å². The third-order valence-corrected chi connectivity index (χ3v) is 7.09. The van der Waals surface area contributed by atoms with Crippen LogP contribution in [0.1, 0.15) is 46.1 Å². The minimum Gasteiger partial charge on any atom is -0.457 e. The molecule has 0 aliphatic heterocycles. The Morgan fingerprint density at radius 3 is 2.27 bits per heavy atom. The van der Waals surface area contributed by atoms with Gasteiger partial charge in [-0.25, -0.2) is 9.18 Å². The van der Waals surface area contributed by atoms with Crippen molar-refractivity contribution in [1.82, 2.24) is 0 Å². The van der Waals surface area contributed by atoms with Crippen LogP contribution in [0.15, 0.2) is 54.6 Å². The van der Waals surface area contributed by atoms with Crippen molar-refractivity contribution in [1.29, 1.82) is 0 Å². The molecule has 0 bridgehead atoms. The highest BCUT2D eigenvalue weighted by molar-refractivity contribution is 5.81. The largest absolute Gasteiger partial charge is 0.457 e. The van der Waals surface area contributed by atoms with Gasteiger partial charge in [0.15, 0.2) is 0 Å². The fraction of sp³-hybridized carbons (Fsp3) is 0.480. The van der Waals surface area contributed by atoms with Crippen molar-refractivity contribution in [2.75, 3.05) is 0 Å². The second-order valence-corrected chi connectivity index (χ2v) is 9.67. The molecule has 0 aromatic heterocycles. The number of alkyl halides is 1. The van der Waals surface area contributed by atoms with E-state index < -0.39 is 23.3 Å². The fourth-order valence-electron chi connectivity index (χ4n) is 4.79. The van der Waals surface area contributed by atoms with Crippen LogP contribution in [0.2, 0.25) is 0 Å². The Hall–Kier alpha value is -2.40. The number of fused-ring (bicyclic) bond motifs is 1. The molecule has 2 fully saturated rings. The molecule has 2 aliphatic rings. The minimum absolute atomic E-state index is 0.138. The lowest BCUT2D eigenvalue weighted by atomic mass is 9.83. The molecule has 2 aromatic carbocycles. The van der Waals surface area contributed by atoms with Crippen molar-refractivity contribution < 1.29 is 23.8 Å².